The van der Waals surface area contributed by atoms with Gasteiger partial charge in [0.1, 0.15) is 5.75 Å². The molecule has 0 heterocycles. The second-order valence-corrected chi connectivity index (χ2v) is 6.32. The molecule has 0 aliphatic heterocycles. The SMILES string of the molecule is CNS(=O)(=O)CCNCc1cc(C)c(O)c(C)c1. The third-order valence-electron chi connectivity index (χ3n) is 2.74. The lowest BCUT2D eigenvalue weighted by Gasteiger charge is -2.09. The lowest BCUT2D eigenvalue weighted by atomic mass is 10.1. The summed E-state index contributed by atoms with van der Waals surface area (Å²) in [5, 5.41) is 12.7. The second-order valence-electron chi connectivity index (χ2n) is 4.28. The molecular weight excluding hydrogens is 252 g/mol. The number of rotatable bonds is 6. The van der Waals surface area contributed by atoms with Crippen molar-refractivity contribution in [3.63, 3.8) is 0 Å². The highest BCUT2D eigenvalue weighted by atomic mass is 32.2. The Morgan fingerprint density at radius 1 is 1.22 bits per heavy atom. The summed E-state index contributed by atoms with van der Waals surface area (Å²) in [6.07, 6.45) is 0. The highest BCUT2D eigenvalue weighted by molar-refractivity contribution is 7.89. The normalized spacial score (nSPS) is 11.7. The monoisotopic (exact) mass is 272 g/mol. The smallest absolute Gasteiger partial charge is 0.212 e. The van der Waals surface area contributed by atoms with Gasteiger partial charge in [0.25, 0.3) is 0 Å². The average Bonchev–Trinajstić information content (AvgIpc) is 2.31. The van der Waals surface area contributed by atoms with Crippen LogP contribution in [0.3, 0.4) is 0 Å². The lowest BCUT2D eigenvalue weighted by Crippen LogP contribution is -2.29. The number of phenols is 1. The van der Waals surface area contributed by atoms with Crippen molar-refractivity contribution in [2.75, 3.05) is 19.3 Å². The molecule has 0 amide bonds. The first-order valence-corrected chi connectivity index (χ1v) is 7.42. The summed E-state index contributed by atoms with van der Waals surface area (Å²) in [5.74, 6) is 0.371. The first-order chi connectivity index (χ1) is 8.35. The molecule has 1 aromatic carbocycles. The van der Waals surface area contributed by atoms with Crippen LogP contribution < -0.4 is 10.0 Å². The fraction of sp³-hybridized carbons (Fsp3) is 0.500. The molecule has 18 heavy (non-hydrogen) atoms. The van der Waals surface area contributed by atoms with Gasteiger partial charge in [-0.05, 0) is 37.6 Å². The molecule has 3 N–H and O–H groups in total. The maximum Gasteiger partial charge on any atom is 0.212 e. The van der Waals surface area contributed by atoms with Gasteiger partial charge in [-0.1, -0.05) is 12.1 Å². The summed E-state index contributed by atoms with van der Waals surface area (Å²) in [6, 6.07) is 3.78. The Morgan fingerprint density at radius 3 is 2.28 bits per heavy atom. The zero-order valence-electron chi connectivity index (χ0n) is 10.9. The van der Waals surface area contributed by atoms with Crippen LogP contribution in [0.5, 0.6) is 5.75 Å². The van der Waals surface area contributed by atoms with Crippen LogP contribution in [0.1, 0.15) is 16.7 Å². The van der Waals surface area contributed by atoms with E-state index < -0.39 is 10.0 Å². The lowest BCUT2D eigenvalue weighted by molar-refractivity contribution is 0.466. The van der Waals surface area contributed by atoms with E-state index in [1.165, 1.54) is 7.05 Å². The molecule has 102 valence electrons. The molecule has 1 aromatic rings. The Labute approximate surface area is 108 Å². The van der Waals surface area contributed by atoms with E-state index in [1.807, 2.05) is 26.0 Å². The minimum Gasteiger partial charge on any atom is -0.507 e. The number of hydrogen-bond donors (Lipinski definition) is 3. The van der Waals surface area contributed by atoms with Gasteiger partial charge >= 0.3 is 0 Å². The highest BCUT2D eigenvalue weighted by Gasteiger charge is 2.06. The number of aryl methyl sites for hydroxylation is 2. The predicted octanol–water partition coefficient (Wildman–Crippen LogP) is 0.648. The van der Waals surface area contributed by atoms with Crippen molar-refractivity contribution in [3.8, 4) is 5.75 Å². The van der Waals surface area contributed by atoms with Crippen LogP contribution >= 0.6 is 0 Å². The van der Waals surface area contributed by atoms with Gasteiger partial charge < -0.3 is 10.4 Å². The van der Waals surface area contributed by atoms with Crippen LogP contribution in [-0.2, 0) is 16.6 Å². The van der Waals surface area contributed by atoms with Crippen LogP contribution in [0.4, 0.5) is 0 Å². The molecule has 0 atom stereocenters. The van der Waals surface area contributed by atoms with E-state index >= 15 is 0 Å². The van der Waals surface area contributed by atoms with Crippen LogP contribution in [0.15, 0.2) is 12.1 Å². The minimum absolute atomic E-state index is 0.0551. The van der Waals surface area contributed by atoms with Gasteiger partial charge in [0.2, 0.25) is 10.0 Å². The van der Waals surface area contributed by atoms with Crippen LogP contribution in [0.2, 0.25) is 0 Å². The Bertz CT molecular complexity index is 489. The zero-order valence-corrected chi connectivity index (χ0v) is 11.8. The summed E-state index contributed by atoms with van der Waals surface area (Å²) < 4.78 is 24.6. The minimum atomic E-state index is -3.15. The van der Waals surface area contributed by atoms with Crippen LogP contribution in [0.25, 0.3) is 0 Å². The van der Waals surface area contributed by atoms with Gasteiger partial charge in [-0.15, -0.1) is 0 Å². The summed E-state index contributed by atoms with van der Waals surface area (Å²) in [4.78, 5) is 0. The molecule has 0 fully saturated rings. The van der Waals surface area contributed by atoms with E-state index in [-0.39, 0.29) is 5.75 Å². The number of benzene rings is 1. The van der Waals surface area contributed by atoms with Gasteiger partial charge in [0.05, 0.1) is 5.75 Å². The van der Waals surface area contributed by atoms with E-state index in [2.05, 4.69) is 10.0 Å². The van der Waals surface area contributed by atoms with Crippen molar-refractivity contribution in [2.45, 2.75) is 20.4 Å². The third kappa shape index (κ3) is 4.29. The number of aromatic hydroxyl groups is 1. The zero-order chi connectivity index (χ0) is 13.8. The van der Waals surface area contributed by atoms with Gasteiger partial charge in [0.15, 0.2) is 0 Å². The highest BCUT2D eigenvalue weighted by Crippen LogP contribution is 2.22. The molecule has 0 spiro atoms. The summed E-state index contributed by atoms with van der Waals surface area (Å²) in [6.45, 7) is 4.66. The first kappa shape index (κ1) is 14.9. The molecule has 0 unspecified atom stereocenters. The summed E-state index contributed by atoms with van der Waals surface area (Å²) in [5.41, 5.74) is 2.69. The van der Waals surface area contributed by atoms with Crippen molar-refractivity contribution in [2.24, 2.45) is 0 Å². The largest absolute Gasteiger partial charge is 0.507 e. The Hall–Kier alpha value is -1.11. The Morgan fingerprint density at radius 2 is 1.78 bits per heavy atom. The molecule has 1 rings (SSSR count). The van der Waals surface area contributed by atoms with Gasteiger partial charge in [-0.3, -0.25) is 0 Å². The van der Waals surface area contributed by atoms with Crippen molar-refractivity contribution in [3.05, 3.63) is 28.8 Å². The van der Waals surface area contributed by atoms with E-state index in [0.717, 1.165) is 16.7 Å². The first-order valence-electron chi connectivity index (χ1n) is 5.77. The van der Waals surface area contributed by atoms with Gasteiger partial charge in [0, 0.05) is 13.1 Å². The van der Waals surface area contributed by atoms with E-state index in [1.54, 1.807) is 0 Å². The van der Waals surface area contributed by atoms with E-state index in [0.29, 0.717) is 18.8 Å². The molecule has 0 aliphatic rings. The number of phenolic OH excluding ortho intramolecular Hbond substituents is 1. The molecule has 0 aromatic heterocycles. The van der Waals surface area contributed by atoms with E-state index in [4.69, 9.17) is 0 Å². The van der Waals surface area contributed by atoms with Crippen molar-refractivity contribution < 1.29 is 13.5 Å². The molecular formula is C12H20N2O3S. The molecule has 0 saturated heterocycles. The predicted molar refractivity (Wildman–Crippen MR) is 72.1 cm³/mol. The number of sulfonamides is 1. The number of hydrogen-bond acceptors (Lipinski definition) is 4. The van der Waals surface area contributed by atoms with Gasteiger partial charge in [-0.25, -0.2) is 13.1 Å². The maximum atomic E-state index is 11.2. The molecule has 6 heteroatoms. The standard InChI is InChI=1S/C12H20N2O3S/c1-9-6-11(7-10(2)12(9)15)8-14-4-5-18(16,17)13-3/h6-7,13-15H,4-5,8H2,1-3H3. The molecule has 0 bridgehead atoms. The number of nitrogens with one attached hydrogen (secondary N) is 2. The average molecular weight is 272 g/mol. The third-order valence-corrected chi connectivity index (χ3v) is 4.10. The molecule has 0 saturated carbocycles. The van der Waals surface area contributed by atoms with Crippen LogP contribution in [0, 0.1) is 13.8 Å². The fourth-order valence-corrected chi connectivity index (χ4v) is 2.31. The van der Waals surface area contributed by atoms with Crippen LogP contribution in [-0.4, -0.2) is 32.9 Å². The maximum absolute atomic E-state index is 11.2. The second kappa shape index (κ2) is 6.17. The fourth-order valence-electron chi connectivity index (χ4n) is 1.69. The molecule has 0 aliphatic carbocycles. The Balaban J connectivity index is 2.50. The van der Waals surface area contributed by atoms with E-state index in [9.17, 15) is 13.5 Å². The quantitative estimate of drug-likeness (QED) is 0.664. The van der Waals surface area contributed by atoms with Crippen molar-refractivity contribution in [1.29, 1.82) is 0 Å². The molecule has 0 radical (unpaired) electrons. The Kier molecular flexibility index (Phi) is 5.13. The van der Waals surface area contributed by atoms with Gasteiger partial charge in [-0.2, -0.15) is 0 Å². The van der Waals surface area contributed by atoms with Crippen molar-refractivity contribution >= 4 is 10.0 Å². The van der Waals surface area contributed by atoms with Crippen molar-refractivity contribution in [1.82, 2.24) is 10.0 Å². The summed E-state index contributed by atoms with van der Waals surface area (Å²) in [7, 11) is -1.74. The summed E-state index contributed by atoms with van der Waals surface area (Å²) >= 11 is 0. The topological polar surface area (TPSA) is 78.4 Å². The molecule has 5 nitrogen and oxygen atoms in total.